The Hall–Kier alpha value is -2.14. The third kappa shape index (κ3) is 7.12. The normalized spacial score (nSPS) is 10.5. The molecule has 2 aromatic rings. The third-order valence-electron chi connectivity index (χ3n) is 3.22. The van der Waals surface area contributed by atoms with Gasteiger partial charge in [-0.3, -0.25) is 4.79 Å². The SMILES string of the molecule is C#CCOc1c(Br)cc(/C=N\NC(=O)CSc2ccc(Cl)cc2)cc1OCC. The van der Waals surface area contributed by atoms with Crippen LogP contribution in [-0.4, -0.2) is 31.1 Å². The number of nitrogens with zero attached hydrogens (tertiary/aromatic N) is 1. The van der Waals surface area contributed by atoms with E-state index in [0.29, 0.717) is 27.6 Å². The number of hydrogen-bond acceptors (Lipinski definition) is 5. The summed E-state index contributed by atoms with van der Waals surface area (Å²) in [6, 6.07) is 10.8. The Morgan fingerprint density at radius 2 is 2.11 bits per heavy atom. The third-order valence-corrected chi connectivity index (χ3v) is 5.07. The molecular weight excluding hydrogens is 464 g/mol. The Bertz CT molecular complexity index is 882. The van der Waals surface area contributed by atoms with E-state index in [1.807, 2.05) is 19.1 Å². The molecule has 2 aromatic carbocycles. The number of carbonyl (C=O) groups excluding carboxylic acids is 1. The van der Waals surface area contributed by atoms with Crippen LogP contribution in [0, 0.1) is 12.3 Å². The first-order chi connectivity index (χ1) is 13.5. The van der Waals surface area contributed by atoms with E-state index in [1.54, 1.807) is 24.3 Å². The molecule has 0 aliphatic rings. The van der Waals surface area contributed by atoms with E-state index in [1.165, 1.54) is 18.0 Å². The molecule has 0 saturated carbocycles. The summed E-state index contributed by atoms with van der Waals surface area (Å²) in [7, 11) is 0. The van der Waals surface area contributed by atoms with Gasteiger partial charge in [-0.1, -0.05) is 17.5 Å². The lowest BCUT2D eigenvalue weighted by molar-refractivity contribution is -0.118. The summed E-state index contributed by atoms with van der Waals surface area (Å²) < 4.78 is 11.8. The number of ether oxygens (including phenoxy) is 2. The maximum absolute atomic E-state index is 11.9. The number of rotatable bonds is 9. The second kappa shape index (κ2) is 11.6. The standard InChI is InChI=1S/C20H18BrClN2O3S/c1-3-9-27-20-17(21)10-14(11-18(20)26-4-2)12-23-24-19(25)13-28-16-7-5-15(22)6-8-16/h1,5-8,10-12H,4,9,13H2,2H3,(H,24,25)/b23-12-. The number of hydrazone groups is 1. The molecule has 0 saturated heterocycles. The summed E-state index contributed by atoms with van der Waals surface area (Å²) in [6.45, 7) is 2.48. The van der Waals surface area contributed by atoms with Crippen molar-refractivity contribution in [3.8, 4) is 23.8 Å². The average Bonchev–Trinajstić information content (AvgIpc) is 2.67. The molecule has 0 bridgehead atoms. The Kier molecular flexibility index (Phi) is 9.21. The predicted octanol–water partition coefficient (Wildman–Crippen LogP) is 4.76. The van der Waals surface area contributed by atoms with Crippen LogP contribution in [0.4, 0.5) is 0 Å². The first-order valence-corrected chi connectivity index (χ1v) is 10.4. The second-order valence-corrected chi connectivity index (χ2v) is 7.63. The highest BCUT2D eigenvalue weighted by molar-refractivity contribution is 9.10. The minimum atomic E-state index is -0.214. The minimum Gasteiger partial charge on any atom is -0.490 e. The topological polar surface area (TPSA) is 59.9 Å². The van der Waals surface area contributed by atoms with Crippen LogP contribution in [-0.2, 0) is 4.79 Å². The highest BCUT2D eigenvalue weighted by Crippen LogP contribution is 2.36. The molecule has 0 aliphatic carbocycles. The fourth-order valence-corrected chi connectivity index (χ4v) is 3.46. The van der Waals surface area contributed by atoms with Gasteiger partial charge < -0.3 is 9.47 Å². The first kappa shape index (κ1) is 22.2. The lowest BCUT2D eigenvalue weighted by atomic mass is 10.2. The van der Waals surface area contributed by atoms with Gasteiger partial charge in [0.25, 0.3) is 0 Å². The number of amides is 1. The molecule has 5 nitrogen and oxygen atoms in total. The molecule has 0 aliphatic heterocycles. The average molecular weight is 482 g/mol. The summed E-state index contributed by atoms with van der Waals surface area (Å²) in [5.74, 6) is 3.52. The number of nitrogens with one attached hydrogen (secondary N) is 1. The van der Waals surface area contributed by atoms with Crippen molar-refractivity contribution in [1.29, 1.82) is 0 Å². The molecular formula is C20H18BrClN2O3S. The zero-order valence-electron chi connectivity index (χ0n) is 15.1. The van der Waals surface area contributed by atoms with Crippen LogP contribution in [0.1, 0.15) is 12.5 Å². The molecule has 0 unspecified atom stereocenters. The summed E-state index contributed by atoms with van der Waals surface area (Å²) in [6.07, 6.45) is 6.77. The van der Waals surface area contributed by atoms with Crippen molar-refractivity contribution in [1.82, 2.24) is 5.43 Å². The van der Waals surface area contributed by atoms with E-state index in [9.17, 15) is 4.79 Å². The van der Waals surface area contributed by atoms with E-state index in [2.05, 4.69) is 32.4 Å². The van der Waals surface area contributed by atoms with Crippen LogP contribution < -0.4 is 14.9 Å². The molecule has 0 aromatic heterocycles. The summed E-state index contributed by atoms with van der Waals surface area (Å²) in [5.41, 5.74) is 3.23. The Morgan fingerprint density at radius 3 is 2.79 bits per heavy atom. The maximum atomic E-state index is 11.9. The summed E-state index contributed by atoms with van der Waals surface area (Å²) in [4.78, 5) is 12.9. The fraction of sp³-hybridized carbons (Fsp3) is 0.200. The number of carbonyl (C=O) groups is 1. The molecule has 0 atom stereocenters. The van der Waals surface area contributed by atoms with Gasteiger partial charge in [-0.2, -0.15) is 5.10 Å². The molecule has 1 N–H and O–H groups in total. The van der Waals surface area contributed by atoms with Crippen molar-refractivity contribution in [3.05, 3.63) is 51.5 Å². The molecule has 146 valence electrons. The van der Waals surface area contributed by atoms with Crippen LogP contribution in [0.5, 0.6) is 11.5 Å². The van der Waals surface area contributed by atoms with Gasteiger partial charge in [-0.05, 0) is 64.8 Å². The molecule has 0 spiro atoms. The van der Waals surface area contributed by atoms with Crippen molar-refractivity contribution >= 4 is 51.4 Å². The van der Waals surface area contributed by atoms with E-state index in [-0.39, 0.29) is 18.3 Å². The molecule has 8 heteroatoms. The number of hydrogen-bond donors (Lipinski definition) is 1. The van der Waals surface area contributed by atoms with Gasteiger partial charge >= 0.3 is 0 Å². The van der Waals surface area contributed by atoms with E-state index >= 15 is 0 Å². The Labute approximate surface area is 182 Å². The summed E-state index contributed by atoms with van der Waals surface area (Å²) in [5, 5.41) is 4.65. The van der Waals surface area contributed by atoms with Crippen LogP contribution in [0.3, 0.4) is 0 Å². The second-order valence-electron chi connectivity index (χ2n) is 5.29. The fourth-order valence-electron chi connectivity index (χ4n) is 2.07. The smallest absolute Gasteiger partial charge is 0.250 e. The number of terminal acetylenes is 1. The van der Waals surface area contributed by atoms with Crippen molar-refractivity contribution in [3.63, 3.8) is 0 Å². The van der Waals surface area contributed by atoms with Crippen LogP contribution in [0.15, 0.2) is 50.9 Å². The van der Waals surface area contributed by atoms with Gasteiger partial charge in [0, 0.05) is 9.92 Å². The van der Waals surface area contributed by atoms with Gasteiger partial charge in [0.15, 0.2) is 11.5 Å². The lowest BCUT2D eigenvalue weighted by Crippen LogP contribution is -2.19. The summed E-state index contributed by atoms with van der Waals surface area (Å²) >= 11 is 10.7. The van der Waals surface area contributed by atoms with Crippen molar-refractivity contribution in [2.24, 2.45) is 5.10 Å². The van der Waals surface area contributed by atoms with E-state index < -0.39 is 0 Å². The van der Waals surface area contributed by atoms with Crippen molar-refractivity contribution in [2.75, 3.05) is 19.0 Å². The molecule has 1 amide bonds. The monoisotopic (exact) mass is 480 g/mol. The molecule has 0 radical (unpaired) electrons. The molecule has 2 rings (SSSR count). The van der Waals surface area contributed by atoms with Crippen LogP contribution >= 0.6 is 39.3 Å². The quantitative estimate of drug-likeness (QED) is 0.243. The number of benzene rings is 2. The highest BCUT2D eigenvalue weighted by Gasteiger charge is 2.11. The molecule has 28 heavy (non-hydrogen) atoms. The Balaban J connectivity index is 1.96. The zero-order valence-corrected chi connectivity index (χ0v) is 18.2. The van der Waals surface area contributed by atoms with Crippen LogP contribution in [0.25, 0.3) is 0 Å². The van der Waals surface area contributed by atoms with Gasteiger partial charge in [-0.25, -0.2) is 5.43 Å². The van der Waals surface area contributed by atoms with Gasteiger partial charge in [0.1, 0.15) is 6.61 Å². The largest absolute Gasteiger partial charge is 0.490 e. The number of thioether (sulfide) groups is 1. The lowest BCUT2D eigenvalue weighted by Gasteiger charge is -2.13. The molecule has 0 fully saturated rings. The van der Waals surface area contributed by atoms with Gasteiger partial charge in [0.2, 0.25) is 5.91 Å². The highest BCUT2D eigenvalue weighted by atomic mass is 79.9. The van der Waals surface area contributed by atoms with E-state index in [0.717, 1.165) is 10.5 Å². The van der Waals surface area contributed by atoms with Crippen molar-refractivity contribution in [2.45, 2.75) is 11.8 Å². The van der Waals surface area contributed by atoms with Gasteiger partial charge in [0.05, 0.1) is 23.0 Å². The van der Waals surface area contributed by atoms with Crippen molar-refractivity contribution < 1.29 is 14.3 Å². The first-order valence-electron chi connectivity index (χ1n) is 8.26. The van der Waals surface area contributed by atoms with Crippen LogP contribution in [0.2, 0.25) is 5.02 Å². The predicted molar refractivity (Wildman–Crippen MR) is 118 cm³/mol. The maximum Gasteiger partial charge on any atom is 0.250 e. The Morgan fingerprint density at radius 1 is 1.36 bits per heavy atom. The number of halogens is 2. The minimum absolute atomic E-state index is 0.132. The molecule has 0 heterocycles. The zero-order chi connectivity index (χ0) is 20.4. The van der Waals surface area contributed by atoms with Gasteiger partial charge in [-0.15, -0.1) is 18.2 Å². The van der Waals surface area contributed by atoms with E-state index in [4.69, 9.17) is 27.5 Å².